The molecule has 0 spiro atoms. The smallest absolute Gasteiger partial charge is 0.291 e. The standard InChI is InChI=1S/C5H10N2O4/c8-3-1-2-6-5(9)4-7(10)11/h8H,1-4H2,(H,6,9). The van der Waals surface area contributed by atoms with Crippen molar-refractivity contribution >= 4 is 5.91 Å². The molecule has 0 saturated carbocycles. The van der Waals surface area contributed by atoms with Gasteiger partial charge in [-0.2, -0.15) is 0 Å². The van der Waals surface area contributed by atoms with Gasteiger partial charge in [0.2, 0.25) is 0 Å². The number of hydrogen-bond donors (Lipinski definition) is 2. The van der Waals surface area contributed by atoms with Gasteiger partial charge in [0.05, 0.1) is 0 Å². The summed E-state index contributed by atoms with van der Waals surface area (Å²) in [7, 11) is 0. The third kappa shape index (κ3) is 6.72. The molecule has 6 heteroatoms. The van der Waals surface area contributed by atoms with E-state index in [0.717, 1.165) is 0 Å². The predicted molar refractivity (Wildman–Crippen MR) is 36.6 cm³/mol. The highest BCUT2D eigenvalue weighted by Crippen LogP contribution is 1.74. The summed E-state index contributed by atoms with van der Waals surface area (Å²) in [4.78, 5) is 19.5. The summed E-state index contributed by atoms with van der Waals surface area (Å²) >= 11 is 0. The van der Waals surface area contributed by atoms with E-state index in [9.17, 15) is 14.9 Å². The third-order valence-corrected chi connectivity index (χ3v) is 0.930. The van der Waals surface area contributed by atoms with Crippen molar-refractivity contribution in [3.05, 3.63) is 10.1 Å². The Morgan fingerprint density at radius 3 is 2.73 bits per heavy atom. The van der Waals surface area contributed by atoms with Crippen LogP contribution in [0.25, 0.3) is 0 Å². The zero-order valence-electron chi connectivity index (χ0n) is 5.95. The fraction of sp³-hybridized carbons (Fsp3) is 0.800. The van der Waals surface area contributed by atoms with Crippen molar-refractivity contribution in [2.24, 2.45) is 0 Å². The lowest BCUT2D eigenvalue weighted by atomic mass is 10.4. The Hall–Kier alpha value is -1.17. The van der Waals surface area contributed by atoms with E-state index in [2.05, 4.69) is 5.32 Å². The summed E-state index contributed by atoms with van der Waals surface area (Å²) < 4.78 is 0. The maximum atomic E-state index is 10.5. The van der Waals surface area contributed by atoms with Gasteiger partial charge in [0.1, 0.15) is 0 Å². The van der Waals surface area contributed by atoms with Gasteiger partial charge in [0, 0.05) is 18.1 Å². The monoisotopic (exact) mass is 162 g/mol. The molecule has 0 fully saturated rings. The second-order valence-electron chi connectivity index (χ2n) is 1.92. The Bertz CT molecular complexity index is 147. The van der Waals surface area contributed by atoms with Crippen LogP contribution in [-0.4, -0.2) is 35.6 Å². The first-order valence-electron chi connectivity index (χ1n) is 3.16. The summed E-state index contributed by atoms with van der Waals surface area (Å²) in [6.07, 6.45) is 0.420. The first kappa shape index (κ1) is 9.83. The molecule has 0 aliphatic heterocycles. The molecule has 0 bridgehead atoms. The highest BCUT2D eigenvalue weighted by Gasteiger charge is 2.06. The average Bonchev–Trinajstić information content (AvgIpc) is 1.86. The van der Waals surface area contributed by atoms with Gasteiger partial charge in [-0.15, -0.1) is 0 Å². The molecule has 0 unspecified atom stereocenters. The van der Waals surface area contributed by atoms with Gasteiger partial charge < -0.3 is 10.4 Å². The zero-order valence-corrected chi connectivity index (χ0v) is 5.95. The van der Waals surface area contributed by atoms with Crippen LogP contribution < -0.4 is 5.32 Å². The molecule has 0 aliphatic rings. The van der Waals surface area contributed by atoms with Gasteiger partial charge in [-0.25, -0.2) is 0 Å². The lowest BCUT2D eigenvalue weighted by Gasteiger charge is -1.98. The van der Waals surface area contributed by atoms with Gasteiger partial charge in [-0.3, -0.25) is 14.9 Å². The maximum Gasteiger partial charge on any atom is 0.291 e. The van der Waals surface area contributed by atoms with Crippen LogP contribution in [0, 0.1) is 10.1 Å². The molecule has 0 aliphatic carbocycles. The highest BCUT2D eigenvalue weighted by atomic mass is 16.6. The number of rotatable bonds is 5. The Morgan fingerprint density at radius 2 is 2.27 bits per heavy atom. The molecule has 0 heterocycles. The van der Waals surface area contributed by atoms with Gasteiger partial charge in [-0.05, 0) is 6.42 Å². The summed E-state index contributed by atoms with van der Waals surface area (Å²) in [5.41, 5.74) is 0. The molecule has 0 aromatic rings. The van der Waals surface area contributed by atoms with E-state index in [1.165, 1.54) is 0 Å². The fourth-order valence-corrected chi connectivity index (χ4v) is 0.480. The quantitative estimate of drug-likeness (QED) is 0.300. The summed E-state index contributed by atoms with van der Waals surface area (Å²) in [5, 5.41) is 20.3. The van der Waals surface area contributed by atoms with E-state index in [1.54, 1.807) is 0 Å². The minimum atomic E-state index is -0.703. The van der Waals surface area contributed by atoms with Crippen molar-refractivity contribution < 1.29 is 14.8 Å². The van der Waals surface area contributed by atoms with Crippen molar-refractivity contribution in [1.82, 2.24) is 5.32 Å². The van der Waals surface area contributed by atoms with Crippen LogP contribution in [-0.2, 0) is 4.79 Å². The fourth-order valence-electron chi connectivity index (χ4n) is 0.480. The Balaban J connectivity index is 3.30. The number of nitrogens with one attached hydrogen (secondary N) is 1. The number of carbonyl (C=O) groups excluding carboxylic acids is 1. The van der Waals surface area contributed by atoms with Crippen LogP contribution >= 0.6 is 0 Å². The summed E-state index contributed by atoms with van der Waals surface area (Å²) in [6.45, 7) is -0.451. The number of carbonyl (C=O) groups is 1. The number of hydrogen-bond acceptors (Lipinski definition) is 4. The highest BCUT2D eigenvalue weighted by molar-refractivity contribution is 5.76. The maximum absolute atomic E-state index is 10.5. The van der Waals surface area contributed by atoms with Gasteiger partial charge >= 0.3 is 0 Å². The zero-order chi connectivity index (χ0) is 8.69. The molecule has 0 saturated heterocycles. The number of nitro groups is 1. The van der Waals surface area contributed by atoms with Crippen LogP contribution in [0.3, 0.4) is 0 Å². The van der Waals surface area contributed by atoms with E-state index in [4.69, 9.17) is 5.11 Å². The Morgan fingerprint density at radius 1 is 1.64 bits per heavy atom. The lowest BCUT2D eigenvalue weighted by Crippen LogP contribution is -2.30. The minimum absolute atomic E-state index is 0.0290. The molecule has 11 heavy (non-hydrogen) atoms. The second-order valence-corrected chi connectivity index (χ2v) is 1.92. The minimum Gasteiger partial charge on any atom is -0.396 e. The molecule has 0 aromatic carbocycles. The lowest BCUT2D eigenvalue weighted by molar-refractivity contribution is -0.467. The summed E-state index contributed by atoms with van der Waals surface area (Å²) in [5.74, 6) is -0.622. The molecule has 1 amide bonds. The topological polar surface area (TPSA) is 92.5 Å². The van der Waals surface area contributed by atoms with Crippen molar-refractivity contribution in [1.29, 1.82) is 0 Å². The molecular formula is C5H10N2O4. The van der Waals surface area contributed by atoms with Crippen molar-refractivity contribution in [2.75, 3.05) is 19.7 Å². The first-order valence-corrected chi connectivity index (χ1v) is 3.16. The number of amides is 1. The molecule has 64 valence electrons. The first-order chi connectivity index (χ1) is 5.16. The Kier molecular flexibility index (Phi) is 5.01. The van der Waals surface area contributed by atoms with E-state index in [-0.39, 0.29) is 13.2 Å². The molecule has 2 N–H and O–H groups in total. The van der Waals surface area contributed by atoms with Crippen molar-refractivity contribution in [3.8, 4) is 0 Å². The van der Waals surface area contributed by atoms with Crippen LogP contribution in [0.5, 0.6) is 0 Å². The van der Waals surface area contributed by atoms with E-state index >= 15 is 0 Å². The van der Waals surface area contributed by atoms with Gasteiger partial charge in [0.25, 0.3) is 12.5 Å². The molecule has 6 nitrogen and oxygen atoms in total. The molecule has 0 radical (unpaired) electrons. The number of nitrogens with zero attached hydrogens (tertiary/aromatic N) is 1. The van der Waals surface area contributed by atoms with Crippen molar-refractivity contribution in [2.45, 2.75) is 6.42 Å². The van der Waals surface area contributed by atoms with E-state index in [0.29, 0.717) is 6.42 Å². The van der Waals surface area contributed by atoms with E-state index < -0.39 is 17.4 Å². The molecule has 0 rings (SSSR count). The van der Waals surface area contributed by atoms with Gasteiger partial charge in [0.15, 0.2) is 0 Å². The van der Waals surface area contributed by atoms with Crippen molar-refractivity contribution in [3.63, 3.8) is 0 Å². The molecule has 0 atom stereocenters. The van der Waals surface area contributed by atoms with Crippen LogP contribution in [0.4, 0.5) is 0 Å². The summed E-state index contributed by atoms with van der Waals surface area (Å²) in [6, 6.07) is 0. The normalized spacial score (nSPS) is 9.18. The second kappa shape index (κ2) is 5.60. The van der Waals surface area contributed by atoms with Crippen LogP contribution in [0.2, 0.25) is 0 Å². The molecular weight excluding hydrogens is 152 g/mol. The number of aliphatic hydroxyl groups excluding tert-OH is 1. The Labute approximate surface area is 63.4 Å². The third-order valence-electron chi connectivity index (χ3n) is 0.930. The largest absolute Gasteiger partial charge is 0.396 e. The van der Waals surface area contributed by atoms with Crippen LogP contribution in [0.1, 0.15) is 6.42 Å². The van der Waals surface area contributed by atoms with E-state index in [1.807, 2.05) is 0 Å². The average molecular weight is 162 g/mol. The number of aliphatic hydroxyl groups is 1. The molecule has 0 aromatic heterocycles. The predicted octanol–water partition coefficient (Wildman–Crippen LogP) is -1.24. The SMILES string of the molecule is O=C(C[N+](=O)[O-])NCCCO. The van der Waals surface area contributed by atoms with Crippen LogP contribution in [0.15, 0.2) is 0 Å². The van der Waals surface area contributed by atoms with Gasteiger partial charge in [-0.1, -0.05) is 0 Å².